The van der Waals surface area contributed by atoms with Crippen LogP contribution in [0.1, 0.15) is 26.3 Å². The number of hydrogen-bond acceptors (Lipinski definition) is 5. The normalized spacial score (nSPS) is 21.1. The maximum atomic E-state index is 12.7. The number of piperazine rings is 1. The first-order chi connectivity index (χ1) is 11.9. The van der Waals surface area contributed by atoms with Crippen LogP contribution in [0.5, 0.6) is 0 Å². The van der Waals surface area contributed by atoms with Gasteiger partial charge in [0.05, 0.1) is 12.6 Å². The number of ether oxygens (including phenoxy) is 2. The zero-order valence-electron chi connectivity index (χ0n) is 15.4. The Hall–Kier alpha value is -2.05. The standard InChI is InChI=1S/C19H28N2O4/c1-14(2)21-10-17(12-25-15(3)22)20(4)18(19(21)23)13-24-11-16-8-6-5-7-9-16/h5-9,13-15,17,22H,10-12H2,1-4H3/b18-13+/t15?,17-/m1/s1. The van der Waals surface area contributed by atoms with E-state index in [9.17, 15) is 9.90 Å². The minimum absolute atomic E-state index is 0.0405. The number of amides is 1. The van der Waals surface area contributed by atoms with E-state index >= 15 is 0 Å². The Morgan fingerprint density at radius 2 is 1.96 bits per heavy atom. The molecular formula is C19H28N2O4. The van der Waals surface area contributed by atoms with E-state index in [1.165, 1.54) is 6.26 Å². The van der Waals surface area contributed by atoms with Crippen molar-refractivity contribution in [3.05, 3.63) is 47.9 Å². The van der Waals surface area contributed by atoms with Gasteiger partial charge < -0.3 is 24.4 Å². The first-order valence-electron chi connectivity index (χ1n) is 8.59. The first-order valence-corrected chi connectivity index (χ1v) is 8.59. The van der Waals surface area contributed by atoms with E-state index < -0.39 is 6.29 Å². The second-order valence-electron chi connectivity index (χ2n) is 6.55. The van der Waals surface area contributed by atoms with Crippen molar-refractivity contribution < 1.29 is 19.4 Å². The van der Waals surface area contributed by atoms with Gasteiger partial charge in [-0.15, -0.1) is 0 Å². The molecule has 25 heavy (non-hydrogen) atoms. The van der Waals surface area contributed by atoms with Crippen LogP contribution in [0.15, 0.2) is 42.3 Å². The Labute approximate surface area is 149 Å². The summed E-state index contributed by atoms with van der Waals surface area (Å²) in [5.74, 6) is -0.0566. The maximum Gasteiger partial charge on any atom is 0.273 e. The molecule has 138 valence electrons. The van der Waals surface area contributed by atoms with Gasteiger partial charge >= 0.3 is 0 Å². The van der Waals surface area contributed by atoms with Gasteiger partial charge in [0.25, 0.3) is 5.91 Å². The van der Waals surface area contributed by atoms with Gasteiger partial charge in [-0.05, 0) is 26.3 Å². The molecule has 1 unspecified atom stereocenters. The van der Waals surface area contributed by atoms with Gasteiger partial charge in [-0.3, -0.25) is 4.79 Å². The third-order valence-corrected chi connectivity index (χ3v) is 4.26. The lowest BCUT2D eigenvalue weighted by molar-refractivity contribution is -0.139. The number of benzene rings is 1. The number of aliphatic hydroxyl groups excluding tert-OH is 1. The average Bonchev–Trinajstić information content (AvgIpc) is 2.57. The van der Waals surface area contributed by atoms with Crippen LogP contribution in [-0.2, 0) is 20.9 Å². The molecule has 2 atom stereocenters. The number of rotatable bonds is 7. The fraction of sp³-hybridized carbons (Fsp3) is 0.526. The summed E-state index contributed by atoms with van der Waals surface area (Å²) >= 11 is 0. The second-order valence-corrected chi connectivity index (χ2v) is 6.55. The largest absolute Gasteiger partial charge is 0.494 e. The van der Waals surface area contributed by atoms with Gasteiger partial charge in [-0.2, -0.15) is 0 Å². The fourth-order valence-electron chi connectivity index (χ4n) is 2.71. The van der Waals surface area contributed by atoms with E-state index in [-0.39, 0.29) is 18.0 Å². The minimum atomic E-state index is -0.833. The number of aliphatic hydroxyl groups is 1. The van der Waals surface area contributed by atoms with Crippen molar-refractivity contribution in [1.29, 1.82) is 0 Å². The molecule has 0 aliphatic carbocycles. The van der Waals surface area contributed by atoms with Crippen molar-refractivity contribution in [2.45, 2.75) is 45.8 Å². The monoisotopic (exact) mass is 348 g/mol. The summed E-state index contributed by atoms with van der Waals surface area (Å²) in [5.41, 5.74) is 1.54. The third kappa shape index (κ3) is 5.21. The van der Waals surface area contributed by atoms with Gasteiger partial charge in [0.2, 0.25) is 0 Å². The van der Waals surface area contributed by atoms with Gasteiger partial charge in [0.1, 0.15) is 18.6 Å². The number of likely N-dealkylation sites (N-methyl/N-ethyl adjacent to an activating group) is 1. The number of carbonyl (C=O) groups is 1. The molecular weight excluding hydrogens is 320 g/mol. The van der Waals surface area contributed by atoms with Crippen LogP contribution in [0.25, 0.3) is 0 Å². The summed E-state index contributed by atoms with van der Waals surface area (Å²) in [6, 6.07) is 9.85. The third-order valence-electron chi connectivity index (χ3n) is 4.26. The summed E-state index contributed by atoms with van der Waals surface area (Å²) in [5, 5.41) is 9.37. The molecule has 0 radical (unpaired) electrons. The lowest BCUT2D eigenvalue weighted by Crippen LogP contribution is -2.56. The fourth-order valence-corrected chi connectivity index (χ4v) is 2.71. The van der Waals surface area contributed by atoms with Crippen LogP contribution >= 0.6 is 0 Å². The minimum Gasteiger partial charge on any atom is -0.494 e. The van der Waals surface area contributed by atoms with Crippen molar-refractivity contribution in [2.75, 3.05) is 20.2 Å². The van der Waals surface area contributed by atoms with Crippen molar-refractivity contribution in [3.63, 3.8) is 0 Å². The van der Waals surface area contributed by atoms with E-state index in [1.54, 1.807) is 11.8 Å². The van der Waals surface area contributed by atoms with E-state index in [0.29, 0.717) is 25.5 Å². The van der Waals surface area contributed by atoms with Gasteiger partial charge in [-0.25, -0.2) is 0 Å². The van der Waals surface area contributed by atoms with Crippen LogP contribution < -0.4 is 0 Å². The van der Waals surface area contributed by atoms with Gasteiger partial charge in [0.15, 0.2) is 6.29 Å². The molecule has 1 aliphatic heterocycles. The van der Waals surface area contributed by atoms with Crippen molar-refractivity contribution >= 4 is 5.91 Å². The molecule has 0 aromatic heterocycles. The molecule has 2 rings (SSSR count). The first kappa shape index (κ1) is 19.3. The van der Waals surface area contributed by atoms with Crippen LogP contribution in [0.2, 0.25) is 0 Å². The van der Waals surface area contributed by atoms with Crippen molar-refractivity contribution in [3.8, 4) is 0 Å². The van der Waals surface area contributed by atoms with E-state index in [1.807, 2.05) is 56.1 Å². The Morgan fingerprint density at radius 3 is 2.56 bits per heavy atom. The van der Waals surface area contributed by atoms with Crippen molar-refractivity contribution in [1.82, 2.24) is 9.80 Å². The zero-order valence-corrected chi connectivity index (χ0v) is 15.4. The molecule has 1 saturated heterocycles. The topological polar surface area (TPSA) is 62.2 Å². The zero-order chi connectivity index (χ0) is 18.4. The average molecular weight is 348 g/mol. The predicted octanol–water partition coefficient (Wildman–Crippen LogP) is 1.95. The van der Waals surface area contributed by atoms with Gasteiger partial charge in [0, 0.05) is 19.6 Å². The highest BCUT2D eigenvalue weighted by Gasteiger charge is 2.35. The number of hydrogen-bond donors (Lipinski definition) is 1. The molecule has 1 aromatic rings. The molecule has 1 heterocycles. The number of carbonyl (C=O) groups excluding carboxylic acids is 1. The highest BCUT2D eigenvalue weighted by atomic mass is 16.6. The predicted molar refractivity (Wildman–Crippen MR) is 95.3 cm³/mol. The van der Waals surface area contributed by atoms with Crippen LogP contribution in [-0.4, -0.2) is 59.4 Å². The molecule has 6 heteroatoms. The Kier molecular flexibility index (Phi) is 6.84. The molecule has 1 aromatic carbocycles. The summed E-state index contributed by atoms with van der Waals surface area (Å²) in [6.07, 6.45) is 0.694. The SMILES string of the molecule is CC(O)OC[C@H]1CN(C(C)C)C(=O)/C(=C\OCc2ccccc2)N1C. The highest BCUT2D eigenvalue weighted by molar-refractivity contribution is 5.93. The highest BCUT2D eigenvalue weighted by Crippen LogP contribution is 2.21. The molecule has 0 saturated carbocycles. The maximum absolute atomic E-state index is 12.7. The molecule has 0 spiro atoms. The second kappa shape index (κ2) is 8.87. The van der Waals surface area contributed by atoms with Crippen LogP contribution in [0.3, 0.4) is 0 Å². The quantitative estimate of drug-likeness (QED) is 0.464. The summed E-state index contributed by atoms with van der Waals surface area (Å²) in [4.78, 5) is 16.4. The van der Waals surface area contributed by atoms with E-state index in [0.717, 1.165) is 5.56 Å². The molecule has 1 amide bonds. The van der Waals surface area contributed by atoms with Crippen LogP contribution in [0.4, 0.5) is 0 Å². The summed E-state index contributed by atoms with van der Waals surface area (Å²) in [6.45, 7) is 6.84. The molecule has 1 N–H and O–H groups in total. The Balaban J connectivity index is 2.10. The molecule has 1 aliphatic rings. The molecule has 6 nitrogen and oxygen atoms in total. The Morgan fingerprint density at radius 1 is 1.28 bits per heavy atom. The Bertz CT molecular complexity index is 586. The summed E-state index contributed by atoms with van der Waals surface area (Å²) < 4.78 is 11.0. The van der Waals surface area contributed by atoms with E-state index in [2.05, 4.69) is 0 Å². The summed E-state index contributed by atoms with van der Waals surface area (Å²) in [7, 11) is 1.85. The lowest BCUT2D eigenvalue weighted by Gasteiger charge is -2.43. The van der Waals surface area contributed by atoms with Gasteiger partial charge in [-0.1, -0.05) is 30.3 Å². The molecule has 0 bridgehead atoms. The smallest absolute Gasteiger partial charge is 0.273 e. The number of nitrogens with zero attached hydrogens (tertiary/aromatic N) is 2. The van der Waals surface area contributed by atoms with Crippen LogP contribution in [0, 0.1) is 0 Å². The van der Waals surface area contributed by atoms with E-state index in [4.69, 9.17) is 9.47 Å². The lowest BCUT2D eigenvalue weighted by atomic mass is 10.1. The van der Waals surface area contributed by atoms with Crippen molar-refractivity contribution in [2.24, 2.45) is 0 Å². The molecule has 1 fully saturated rings.